The Morgan fingerprint density at radius 1 is 1.26 bits per heavy atom. The standard InChI is InChI=1S/C27H51N7O8/c1-27(39)12-40-26(21(37)24(27)31-2)42-23-17(34-25(38)19(35)13-9-33-10-13)8-16(30)18(20(23)36)22-15(29)5-4-14(41-22)11-32-7-3-6-28/h4,13,15-24,26,31-33,35-37,39H,3,5-12,28-30H2,1-2H3,(H,34,38)/t15-,16+,17-,18-,19?,20+,21-,22?,23+,24-,26-,27+/m1/s1. The molecule has 15 nitrogen and oxygen atoms in total. The molecule has 15 heteroatoms. The van der Waals surface area contributed by atoms with E-state index in [9.17, 15) is 25.2 Å². The van der Waals surface area contributed by atoms with E-state index in [0.717, 1.165) is 13.0 Å². The van der Waals surface area contributed by atoms with Gasteiger partial charge in [0.15, 0.2) is 6.29 Å². The molecule has 3 heterocycles. The molecule has 4 rings (SSSR count). The maximum Gasteiger partial charge on any atom is 0.249 e. The Hall–Kier alpha value is -1.47. The molecule has 0 aromatic heterocycles. The van der Waals surface area contributed by atoms with E-state index in [1.54, 1.807) is 7.05 Å². The summed E-state index contributed by atoms with van der Waals surface area (Å²) in [6.07, 6.45) is -3.37. The molecule has 0 bridgehead atoms. The number of aliphatic hydroxyl groups excluding tert-OH is 3. The van der Waals surface area contributed by atoms with Gasteiger partial charge in [-0.1, -0.05) is 0 Å². The minimum Gasteiger partial charge on any atom is -0.492 e. The first-order chi connectivity index (χ1) is 20.0. The van der Waals surface area contributed by atoms with Crippen LogP contribution >= 0.6 is 0 Å². The average molecular weight is 602 g/mol. The zero-order valence-corrected chi connectivity index (χ0v) is 24.5. The smallest absolute Gasteiger partial charge is 0.249 e. The van der Waals surface area contributed by atoms with Gasteiger partial charge in [0, 0.05) is 37.0 Å². The van der Waals surface area contributed by atoms with Crippen molar-refractivity contribution >= 4 is 5.91 Å². The van der Waals surface area contributed by atoms with Crippen molar-refractivity contribution in [3.8, 4) is 0 Å². The normalized spacial score (nSPS) is 41.8. The second kappa shape index (κ2) is 14.5. The van der Waals surface area contributed by atoms with Gasteiger partial charge in [-0.3, -0.25) is 4.79 Å². The van der Waals surface area contributed by atoms with Crippen LogP contribution in [0.15, 0.2) is 11.8 Å². The zero-order chi connectivity index (χ0) is 30.6. The van der Waals surface area contributed by atoms with Crippen LogP contribution in [0.1, 0.15) is 26.2 Å². The van der Waals surface area contributed by atoms with Gasteiger partial charge in [0.2, 0.25) is 5.91 Å². The van der Waals surface area contributed by atoms with Crippen LogP contribution in [0.5, 0.6) is 0 Å². The number of likely N-dealkylation sites (N-methyl/N-ethyl adjacent to an activating group) is 1. The predicted octanol–water partition coefficient (Wildman–Crippen LogP) is -4.86. The van der Waals surface area contributed by atoms with Gasteiger partial charge in [0.05, 0.1) is 31.3 Å². The summed E-state index contributed by atoms with van der Waals surface area (Å²) >= 11 is 0. The molecule has 1 saturated carbocycles. The number of ether oxygens (including phenoxy) is 3. The van der Waals surface area contributed by atoms with Crippen molar-refractivity contribution in [2.45, 2.75) is 92.8 Å². The SMILES string of the molecule is CN[C@@H]1[C@@H](O)[C@@H](O[C@@H]2[C@@H](O)[C@H](C3OC(CNCCCN)=CC[C@H]3N)[C@@H](N)C[C@H]2NC(=O)C(O)C2CNC2)OC[C@]1(C)O. The van der Waals surface area contributed by atoms with Gasteiger partial charge in [-0.15, -0.1) is 0 Å². The van der Waals surface area contributed by atoms with Gasteiger partial charge in [0.25, 0.3) is 0 Å². The first-order valence-corrected chi connectivity index (χ1v) is 15.0. The van der Waals surface area contributed by atoms with Gasteiger partial charge >= 0.3 is 0 Å². The molecule has 1 aliphatic carbocycles. The summed E-state index contributed by atoms with van der Waals surface area (Å²) in [5.41, 5.74) is 17.3. The van der Waals surface area contributed by atoms with E-state index >= 15 is 0 Å². The Morgan fingerprint density at radius 2 is 2.00 bits per heavy atom. The lowest BCUT2D eigenvalue weighted by molar-refractivity contribution is -0.297. The molecule has 242 valence electrons. The first kappa shape index (κ1) is 33.4. The largest absolute Gasteiger partial charge is 0.492 e. The Balaban J connectivity index is 1.53. The molecule has 0 spiro atoms. The summed E-state index contributed by atoms with van der Waals surface area (Å²) in [6, 6.07) is -2.70. The van der Waals surface area contributed by atoms with E-state index in [2.05, 4.69) is 21.3 Å². The van der Waals surface area contributed by atoms with Crippen LogP contribution in [0.2, 0.25) is 0 Å². The van der Waals surface area contributed by atoms with E-state index in [0.29, 0.717) is 38.4 Å². The van der Waals surface area contributed by atoms with Crippen LogP contribution in [0.4, 0.5) is 0 Å². The molecular weight excluding hydrogens is 550 g/mol. The molecule has 2 unspecified atom stereocenters. The van der Waals surface area contributed by atoms with Gasteiger partial charge in [-0.2, -0.15) is 0 Å². The molecule has 12 atom stereocenters. The summed E-state index contributed by atoms with van der Waals surface area (Å²) in [4.78, 5) is 13.0. The lowest BCUT2D eigenvalue weighted by Gasteiger charge is -2.50. The third-order valence-electron chi connectivity index (χ3n) is 9.00. The highest BCUT2D eigenvalue weighted by Crippen LogP contribution is 2.36. The Morgan fingerprint density at radius 3 is 2.64 bits per heavy atom. The molecule has 0 aromatic carbocycles. The quantitative estimate of drug-likeness (QED) is 0.0939. The first-order valence-electron chi connectivity index (χ1n) is 15.0. The predicted molar refractivity (Wildman–Crippen MR) is 153 cm³/mol. The minimum atomic E-state index is -1.37. The van der Waals surface area contributed by atoms with Crippen molar-refractivity contribution in [2.24, 2.45) is 29.0 Å². The molecule has 0 aromatic rings. The van der Waals surface area contributed by atoms with Crippen molar-refractivity contribution in [2.75, 3.05) is 46.4 Å². The average Bonchev–Trinajstić information content (AvgIpc) is 2.90. The number of aliphatic hydroxyl groups is 4. The highest BCUT2D eigenvalue weighted by molar-refractivity contribution is 5.81. The molecule has 3 aliphatic heterocycles. The molecular formula is C27H51N7O8. The van der Waals surface area contributed by atoms with E-state index in [1.807, 2.05) is 6.08 Å². The second-order valence-electron chi connectivity index (χ2n) is 12.3. The molecule has 3 fully saturated rings. The Labute approximate surface area is 246 Å². The van der Waals surface area contributed by atoms with Crippen molar-refractivity contribution < 1.29 is 39.4 Å². The molecule has 0 radical (unpaired) electrons. The lowest BCUT2D eigenvalue weighted by Crippen LogP contribution is -2.70. The van der Waals surface area contributed by atoms with Gasteiger partial charge in [-0.05, 0) is 52.4 Å². The highest BCUT2D eigenvalue weighted by Gasteiger charge is 2.53. The Bertz CT molecular complexity index is 925. The number of nitrogens with two attached hydrogens (primary N) is 3. The summed E-state index contributed by atoms with van der Waals surface area (Å²) in [7, 11) is 1.60. The van der Waals surface area contributed by atoms with Crippen molar-refractivity contribution in [3.63, 3.8) is 0 Å². The molecule has 42 heavy (non-hydrogen) atoms. The maximum absolute atomic E-state index is 13.0. The number of hydrogen-bond acceptors (Lipinski definition) is 14. The highest BCUT2D eigenvalue weighted by atomic mass is 16.7. The van der Waals surface area contributed by atoms with E-state index in [1.165, 1.54) is 6.92 Å². The number of nitrogens with one attached hydrogen (secondary N) is 4. The van der Waals surface area contributed by atoms with Crippen LogP contribution in [0.25, 0.3) is 0 Å². The van der Waals surface area contributed by atoms with Gasteiger partial charge < -0.3 is 73.1 Å². The van der Waals surface area contributed by atoms with Crippen LogP contribution < -0.4 is 38.5 Å². The second-order valence-corrected chi connectivity index (χ2v) is 12.3. The Kier molecular flexibility index (Phi) is 11.6. The molecule has 1 amide bonds. The van der Waals surface area contributed by atoms with Gasteiger partial charge in [-0.25, -0.2) is 0 Å². The number of carbonyl (C=O) groups excluding carboxylic acids is 1. The summed E-state index contributed by atoms with van der Waals surface area (Å²) in [5, 5.41) is 56.1. The monoisotopic (exact) mass is 601 g/mol. The lowest BCUT2D eigenvalue weighted by atomic mass is 9.72. The van der Waals surface area contributed by atoms with Crippen LogP contribution in [0, 0.1) is 11.8 Å². The number of carbonyl (C=O) groups is 1. The van der Waals surface area contributed by atoms with Crippen LogP contribution in [0.3, 0.4) is 0 Å². The summed E-state index contributed by atoms with van der Waals surface area (Å²) in [5.74, 6) is -0.818. The number of amides is 1. The number of hydrogen-bond donors (Lipinski definition) is 11. The fourth-order valence-corrected chi connectivity index (χ4v) is 6.41. The minimum absolute atomic E-state index is 0.141. The zero-order valence-electron chi connectivity index (χ0n) is 24.5. The van der Waals surface area contributed by atoms with Gasteiger partial charge in [0.1, 0.15) is 35.8 Å². The van der Waals surface area contributed by atoms with E-state index < -0.39 is 78.4 Å². The topological polar surface area (TPSA) is 252 Å². The van der Waals surface area contributed by atoms with Crippen LogP contribution in [-0.4, -0.2) is 139 Å². The van der Waals surface area contributed by atoms with Crippen molar-refractivity contribution in [1.29, 1.82) is 0 Å². The summed E-state index contributed by atoms with van der Waals surface area (Å²) in [6.45, 7) is 4.21. The number of rotatable bonds is 12. The van der Waals surface area contributed by atoms with E-state index in [4.69, 9.17) is 31.4 Å². The maximum atomic E-state index is 13.0. The fraction of sp³-hybridized carbons (Fsp3) is 0.889. The van der Waals surface area contributed by atoms with E-state index in [-0.39, 0.29) is 18.9 Å². The molecule has 4 aliphatic rings. The third-order valence-corrected chi connectivity index (χ3v) is 9.00. The van der Waals surface area contributed by atoms with Crippen molar-refractivity contribution in [1.82, 2.24) is 21.3 Å². The summed E-state index contributed by atoms with van der Waals surface area (Å²) < 4.78 is 18.2. The third kappa shape index (κ3) is 7.42. The van der Waals surface area contributed by atoms with Crippen LogP contribution in [-0.2, 0) is 19.0 Å². The molecule has 2 saturated heterocycles. The fourth-order valence-electron chi connectivity index (χ4n) is 6.41. The van der Waals surface area contributed by atoms with Crippen molar-refractivity contribution in [3.05, 3.63) is 11.8 Å². The molecule has 14 N–H and O–H groups in total.